The highest BCUT2D eigenvalue weighted by molar-refractivity contribution is 7.98. The lowest BCUT2D eigenvalue weighted by Crippen LogP contribution is -2.43. The lowest BCUT2D eigenvalue weighted by Gasteiger charge is -2.33. The van der Waals surface area contributed by atoms with E-state index in [4.69, 9.17) is 45.5 Å². The number of aromatic nitrogens is 20. The molecule has 16 aromatic rings. The Morgan fingerprint density at radius 3 is 0.896 bits per heavy atom. The van der Waals surface area contributed by atoms with Crippen LogP contribution in [0, 0.1) is 6.57 Å². The van der Waals surface area contributed by atoms with Crippen LogP contribution in [0.2, 0.25) is 0 Å². The third-order valence-electron chi connectivity index (χ3n) is 25.6. The molecule has 0 unspecified atom stereocenters. The van der Waals surface area contributed by atoms with Crippen LogP contribution in [0.25, 0.3) is 138 Å². The predicted octanol–water partition coefficient (Wildman–Crippen LogP) is 6.83. The topological polar surface area (TPSA) is 548 Å². The lowest BCUT2D eigenvalue weighted by molar-refractivity contribution is -0.137. The molecule has 46 heteroatoms. The van der Waals surface area contributed by atoms with Crippen molar-refractivity contribution < 1.29 is 51.3 Å². The number of aromatic amines is 4. The SMILES string of the molecule is COCC(=O)N1CCC(n2c(=O)[nH]c(=O)c3cnc4ccc(-c5ccc(CC(C)=O)nc5)nc4c32)CC1.COCC(=O)N1CCC(n2c(=O)[nH]c(=O)c3cnc4ccc(-c5ccc(S(C)(=O)=O)nc5)nc4c32)CC1.COCC(=O)N1CCC(n2c(=O)[nH]c(=O)c3cnc4ccc(-c5ccc(SC)nc5)nc4c32)CC1.[C-]#[N+]c1ccc(-c2ccc3ncc4c(=O)[nH]c(=O)n(C5CCN(C(=O)COC)CC5)c4c3n2)cn1. The molecule has 0 radical (unpaired) electrons. The molecule has 144 heavy (non-hydrogen) atoms. The van der Waals surface area contributed by atoms with Crippen molar-refractivity contribution in [2.45, 2.75) is 98.9 Å². The highest BCUT2D eigenvalue weighted by Gasteiger charge is 2.34. The van der Waals surface area contributed by atoms with E-state index >= 15 is 0 Å². The number of Topliss-reactive ketones (excluding diaryl/α,β-unsaturated/α-hetero) is 1. The number of hydrogen-bond acceptors (Lipinski definition) is 32. The van der Waals surface area contributed by atoms with Gasteiger partial charge in [-0.05, 0) is 156 Å². The molecule has 20 rings (SSSR count). The molecule has 4 saturated heterocycles. The zero-order valence-corrected chi connectivity index (χ0v) is 80.6. The monoisotopic (exact) mass is 1990 g/mol. The number of carbonyl (C=O) groups is 5. The van der Waals surface area contributed by atoms with Crippen LogP contribution in [-0.2, 0) is 59.2 Å². The van der Waals surface area contributed by atoms with Gasteiger partial charge in [0.2, 0.25) is 23.6 Å². The van der Waals surface area contributed by atoms with Gasteiger partial charge in [-0.2, -0.15) is 0 Å². The molecule has 4 aliphatic rings. The number of methoxy groups -OCH3 is 4. The number of amides is 4. The Bertz CT molecular complexity index is 8430. The maximum Gasteiger partial charge on any atom is 0.329 e. The second-order valence-electron chi connectivity index (χ2n) is 34.7. The van der Waals surface area contributed by atoms with Crippen LogP contribution in [0.15, 0.2) is 195 Å². The van der Waals surface area contributed by atoms with E-state index in [0.29, 0.717) is 215 Å². The summed E-state index contributed by atoms with van der Waals surface area (Å²) in [5, 5.41) is 1.90. The largest absolute Gasteiger partial charge is 0.375 e. The molecule has 0 bridgehead atoms. The van der Waals surface area contributed by atoms with E-state index in [1.54, 1.807) is 129 Å². The summed E-state index contributed by atoms with van der Waals surface area (Å²) in [6, 6.07) is 27.2. The van der Waals surface area contributed by atoms with Crippen LogP contribution < -0.4 is 45.0 Å². The number of thioether (sulfide) groups is 1. The number of rotatable bonds is 20. The number of ether oxygens (including phenoxy) is 4. The number of hydrogen-bond donors (Lipinski definition) is 4. The number of sulfone groups is 1. The van der Waals surface area contributed by atoms with Crippen molar-refractivity contribution in [3.05, 3.63) is 247 Å². The average Bonchev–Trinajstić information content (AvgIpc) is 0.755. The molecule has 16 aromatic heterocycles. The van der Waals surface area contributed by atoms with Gasteiger partial charge >= 0.3 is 22.8 Å². The summed E-state index contributed by atoms with van der Waals surface area (Å²) in [4.78, 5) is 237. The Balaban J connectivity index is 0.000000132. The van der Waals surface area contributed by atoms with Crippen molar-refractivity contribution in [1.29, 1.82) is 0 Å². The van der Waals surface area contributed by atoms with Crippen molar-refractivity contribution in [2.75, 3.05) is 120 Å². The molecule has 0 saturated carbocycles. The van der Waals surface area contributed by atoms with Crippen molar-refractivity contribution in [2.24, 2.45) is 0 Å². The first-order valence-electron chi connectivity index (χ1n) is 45.8. The van der Waals surface area contributed by atoms with Gasteiger partial charge in [0.05, 0.1) is 93.5 Å². The lowest BCUT2D eigenvalue weighted by atomic mass is 10.0. The molecule has 0 aromatic carbocycles. The Labute approximate surface area is 819 Å². The van der Waals surface area contributed by atoms with Crippen LogP contribution in [0.1, 0.15) is 88.2 Å². The number of H-pyrrole nitrogens is 4. The van der Waals surface area contributed by atoms with Crippen molar-refractivity contribution in [3.63, 3.8) is 0 Å². The molecular weight excluding hydrogens is 1900 g/mol. The van der Waals surface area contributed by atoms with Gasteiger partial charge in [-0.15, -0.1) is 16.7 Å². The Morgan fingerprint density at radius 2 is 0.660 bits per heavy atom. The maximum absolute atomic E-state index is 13.1. The number of fused-ring (bicyclic) bond motifs is 12. The summed E-state index contributed by atoms with van der Waals surface area (Å²) in [5.41, 5.74) is 7.13. The van der Waals surface area contributed by atoms with Crippen LogP contribution in [-0.4, -0.2) is 275 Å². The Morgan fingerprint density at radius 1 is 0.375 bits per heavy atom. The van der Waals surface area contributed by atoms with E-state index < -0.39 is 54.8 Å². The average molecular weight is 1990 g/mol. The van der Waals surface area contributed by atoms with Gasteiger partial charge in [-0.25, -0.2) is 57.5 Å². The number of nitrogens with one attached hydrogen (secondary N) is 4. The van der Waals surface area contributed by atoms with Crippen LogP contribution in [0.3, 0.4) is 0 Å². The molecule has 44 nitrogen and oxygen atoms in total. The minimum atomic E-state index is -3.45. The molecule has 0 spiro atoms. The van der Waals surface area contributed by atoms with Gasteiger partial charge in [0.15, 0.2) is 14.9 Å². The van der Waals surface area contributed by atoms with Crippen molar-refractivity contribution in [3.8, 4) is 45.0 Å². The number of piperidine rings is 4. The summed E-state index contributed by atoms with van der Waals surface area (Å²) in [6.07, 6.45) is 19.8. The predicted molar refractivity (Wildman–Crippen MR) is 533 cm³/mol. The molecule has 4 N–H and O–H groups in total. The van der Waals surface area contributed by atoms with Gasteiger partial charge in [0, 0.05) is 189 Å². The summed E-state index contributed by atoms with van der Waals surface area (Å²) < 4.78 is 49.7. The third-order valence-corrected chi connectivity index (χ3v) is 27.3. The van der Waals surface area contributed by atoms with Gasteiger partial charge < -0.3 is 43.4 Å². The first kappa shape index (κ1) is 99.3. The number of nitrogens with zero attached hydrogens (tertiary/aromatic N) is 21. The number of ketones is 1. The number of pyridine rings is 12. The Kier molecular flexibility index (Phi) is 29.7. The summed E-state index contributed by atoms with van der Waals surface area (Å²) in [5.74, 6) is -0.0780. The first-order chi connectivity index (χ1) is 69.5. The molecular formula is C98H95N25O19S2. The van der Waals surface area contributed by atoms with E-state index in [0.717, 1.165) is 22.4 Å². The first-order valence-corrected chi connectivity index (χ1v) is 48.9. The number of likely N-dealkylation sites (tertiary alicyclic amines) is 4. The molecule has 4 fully saturated rings. The van der Waals surface area contributed by atoms with Gasteiger partial charge in [-0.1, -0.05) is 12.6 Å². The minimum absolute atomic E-state index is 0.00473. The van der Waals surface area contributed by atoms with E-state index in [-0.39, 0.29) is 113 Å². The number of carbonyl (C=O) groups excluding carboxylic acids is 5. The minimum Gasteiger partial charge on any atom is -0.375 e. The molecule has 4 amide bonds. The van der Waals surface area contributed by atoms with Gasteiger partial charge in [0.1, 0.15) is 60.5 Å². The zero-order chi connectivity index (χ0) is 101. The van der Waals surface area contributed by atoms with Crippen LogP contribution in [0.4, 0.5) is 5.82 Å². The molecule has 0 aliphatic carbocycles. The molecule has 20 heterocycles. The molecule has 0 atom stereocenters. The fraction of sp³-hybridized carbons (Fsp3) is 0.327. The standard InChI is InChI=1S/C26H26N6O5.C24H21N7O4.C24H24N6O6S.C24H24N6O4S/c1-15(33)11-17-4-3-16(12-27-17)20-5-6-21-23(29-20)24-19(13-28-21)25(35)30-26(36)32(24)18-7-9-31(10-8-18)22(34)14-37-2;1-25-19-6-3-14(11-27-19)17-4-5-18-21(28-17)22-16(12-26-18)23(33)29-24(34)31(22)15-7-9-30(10-8-15)20(32)13-35-2;1-36-13-20(31)29-9-7-15(8-10-29)30-22-16(23(32)28-24(30)33)12-25-18-5-4-17(27-21(18)22)14-3-6-19(26-11-14)37(2,34)35;1-34-13-20(31)29-9-7-15(8-10-29)30-22-16(23(32)28-24(30)33)12-25-18-5-4-17(27-21(18)22)14-3-6-19(35-2)26-11-14/h3-6,12-13,18H,7-11,14H2,1-2H3,(H,30,35,36);3-6,11-12,15H,7-10,13H2,2H3,(H,29,33,34);3-6,11-12,15H,7-10,13H2,1-2H3,(H,28,32,33);3-6,11-12,15H,7-10,13H2,1-2H3,(H,28,32,33). The van der Waals surface area contributed by atoms with Crippen molar-refractivity contribution >= 4 is 145 Å². The third kappa shape index (κ3) is 20.9. The quantitative estimate of drug-likeness (QED) is 0.0345. The summed E-state index contributed by atoms with van der Waals surface area (Å²) in [6.45, 7) is 12.4. The smallest absolute Gasteiger partial charge is 0.329 e. The van der Waals surface area contributed by atoms with Gasteiger partial charge in [0.25, 0.3) is 28.1 Å². The van der Waals surface area contributed by atoms with Gasteiger partial charge in [-0.3, -0.25) is 106 Å². The molecule has 4 aliphatic heterocycles. The fourth-order valence-electron chi connectivity index (χ4n) is 18.5. The fourth-order valence-corrected chi connectivity index (χ4v) is 19.4. The van der Waals surface area contributed by atoms with Crippen molar-refractivity contribution in [1.82, 2.24) is 118 Å². The van der Waals surface area contributed by atoms with E-state index in [1.807, 2.05) is 36.6 Å². The highest BCUT2D eigenvalue weighted by atomic mass is 32.2. The highest BCUT2D eigenvalue weighted by Crippen LogP contribution is 2.36. The molecule has 738 valence electrons. The van der Waals surface area contributed by atoms with E-state index in [2.05, 4.69) is 64.7 Å². The van der Waals surface area contributed by atoms with Crippen LogP contribution >= 0.6 is 11.8 Å². The van der Waals surface area contributed by atoms with E-state index in [1.165, 1.54) is 72.4 Å². The summed E-state index contributed by atoms with van der Waals surface area (Å²) >= 11 is 1.55. The van der Waals surface area contributed by atoms with Crippen LogP contribution in [0.5, 0.6) is 0 Å². The second kappa shape index (κ2) is 43.1. The normalized spacial score (nSPS) is 14.6. The summed E-state index contributed by atoms with van der Waals surface area (Å²) in [7, 11) is 2.46. The van der Waals surface area contributed by atoms with E-state index in [9.17, 15) is 70.7 Å². The second-order valence-corrected chi connectivity index (χ2v) is 37.5. The maximum atomic E-state index is 13.1. The Hall–Kier alpha value is -16.2. The zero-order valence-electron chi connectivity index (χ0n) is 79.0.